The summed E-state index contributed by atoms with van der Waals surface area (Å²) in [4.78, 5) is 24.1. The van der Waals surface area contributed by atoms with Gasteiger partial charge in [-0.1, -0.05) is 12.1 Å². The molecular formula is C17H17F3N6O2. The number of aromatic nitrogens is 2. The first-order valence-electron chi connectivity index (χ1n) is 7.97. The number of para-hydroxylation sites is 1. The third-order valence-corrected chi connectivity index (χ3v) is 3.22. The summed E-state index contributed by atoms with van der Waals surface area (Å²) in [5.41, 5.74) is 11.1. The Balaban J connectivity index is 2.31. The van der Waals surface area contributed by atoms with Crippen LogP contribution in [-0.4, -0.2) is 34.5 Å². The molecule has 0 saturated heterocycles. The van der Waals surface area contributed by atoms with E-state index >= 15 is 0 Å². The predicted molar refractivity (Wildman–Crippen MR) is 98.5 cm³/mol. The maximum atomic E-state index is 12.6. The molecule has 0 aliphatic rings. The fourth-order valence-corrected chi connectivity index (χ4v) is 2.19. The molecule has 0 radical (unpaired) electrons. The van der Waals surface area contributed by atoms with E-state index in [9.17, 15) is 18.0 Å². The summed E-state index contributed by atoms with van der Waals surface area (Å²) in [5, 5.41) is 2.44. The highest BCUT2D eigenvalue weighted by Gasteiger charge is 2.32. The zero-order chi connectivity index (χ0) is 20.7. The average molecular weight is 394 g/mol. The molecule has 0 aliphatic carbocycles. The number of aliphatic imine (C=N–C) groups is 1. The van der Waals surface area contributed by atoms with Crippen molar-refractivity contribution in [1.82, 2.24) is 9.97 Å². The first-order valence-corrected chi connectivity index (χ1v) is 7.97. The van der Waals surface area contributed by atoms with Gasteiger partial charge in [-0.05, 0) is 31.3 Å². The van der Waals surface area contributed by atoms with Gasteiger partial charge in [0.15, 0.2) is 11.6 Å². The monoisotopic (exact) mass is 394 g/mol. The minimum absolute atomic E-state index is 0.00185. The molecule has 5 N–H and O–H groups in total. The van der Waals surface area contributed by atoms with Crippen LogP contribution in [0.1, 0.15) is 6.92 Å². The number of hydrogen-bond donors (Lipinski definition) is 3. The topological polar surface area (TPSA) is 129 Å². The normalized spacial score (nSPS) is 12.2. The van der Waals surface area contributed by atoms with Crippen molar-refractivity contribution in [2.24, 2.45) is 10.7 Å². The van der Waals surface area contributed by atoms with Gasteiger partial charge in [-0.3, -0.25) is 9.79 Å². The lowest BCUT2D eigenvalue weighted by Gasteiger charge is -2.14. The Bertz CT molecular complexity index is 912. The lowest BCUT2D eigenvalue weighted by molar-refractivity contribution is -0.274. The van der Waals surface area contributed by atoms with Crippen molar-refractivity contribution in [3.63, 3.8) is 0 Å². The van der Waals surface area contributed by atoms with E-state index in [1.165, 1.54) is 24.3 Å². The maximum Gasteiger partial charge on any atom is 0.573 e. The van der Waals surface area contributed by atoms with Crippen molar-refractivity contribution in [3.8, 4) is 17.0 Å². The molecule has 0 bridgehead atoms. The molecule has 0 atom stereocenters. The molecule has 1 heterocycles. The highest BCUT2D eigenvalue weighted by Crippen LogP contribution is 2.34. The van der Waals surface area contributed by atoms with E-state index in [1.807, 2.05) is 0 Å². The van der Waals surface area contributed by atoms with E-state index in [0.717, 1.165) is 18.5 Å². The van der Waals surface area contributed by atoms with Crippen LogP contribution in [0.25, 0.3) is 11.3 Å². The molecule has 148 valence electrons. The smallest absolute Gasteiger partial charge is 0.405 e. The second-order valence-electron chi connectivity index (χ2n) is 5.21. The summed E-state index contributed by atoms with van der Waals surface area (Å²) >= 11 is 0. The van der Waals surface area contributed by atoms with Crippen molar-refractivity contribution < 1.29 is 22.7 Å². The largest absolute Gasteiger partial charge is 0.573 e. The fraction of sp³-hybridized carbons (Fsp3) is 0.176. The summed E-state index contributed by atoms with van der Waals surface area (Å²) in [7, 11) is 0. The second-order valence-corrected chi connectivity index (χ2v) is 5.21. The zero-order valence-corrected chi connectivity index (χ0v) is 14.7. The molecule has 1 aromatic heterocycles. The molecule has 1 aromatic carbocycles. The summed E-state index contributed by atoms with van der Waals surface area (Å²) in [6.45, 7) is 2.10. The van der Waals surface area contributed by atoms with Crippen LogP contribution in [0.3, 0.4) is 0 Å². The Kier molecular flexibility index (Phi) is 6.53. The average Bonchev–Trinajstić information content (AvgIpc) is 2.61. The van der Waals surface area contributed by atoms with E-state index < -0.39 is 18.0 Å². The minimum atomic E-state index is -4.88. The van der Waals surface area contributed by atoms with Crippen LogP contribution in [0, 0.1) is 0 Å². The number of amides is 1. The van der Waals surface area contributed by atoms with Gasteiger partial charge in [0.1, 0.15) is 17.2 Å². The van der Waals surface area contributed by atoms with Crippen molar-refractivity contribution in [1.29, 1.82) is 0 Å². The van der Waals surface area contributed by atoms with Crippen LogP contribution in [0.2, 0.25) is 0 Å². The second kappa shape index (κ2) is 8.84. The Labute approximate surface area is 158 Å². The number of alkyl halides is 3. The number of benzene rings is 1. The standard InChI is InChI=1S/C17H17F3N6O2/c1-2-23-11(7-8-21)16(27)26-13-9-24-14(15(22)25-13)10-5-3-4-6-12(10)28-17(18,19)20/h3-9H,2,21H2,1H3,(H3,22,25,26,27)/b8-7-,23-11?. The van der Waals surface area contributed by atoms with Crippen LogP contribution in [0.5, 0.6) is 5.75 Å². The van der Waals surface area contributed by atoms with E-state index in [4.69, 9.17) is 11.5 Å². The van der Waals surface area contributed by atoms with Gasteiger partial charge in [-0.15, -0.1) is 13.2 Å². The van der Waals surface area contributed by atoms with Crippen LogP contribution in [-0.2, 0) is 4.79 Å². The van der Waals surface area contributed by atoms with E-state index in [2.05, 4.69) is 25.0 Å². The number of carbonyl (C=O) groups is 1. The third-order valence-electron chi connectivity index (χ3n) is 3.22. The van der Waals surface area contributed by atoms with Gasteiger partial charge in [0, 0.05) is 12.1 Å². The number of rotatable bonds is 6. The number of ether oxygens (including phenoxy) is 1. The van der Waals surface area contributed by atoms with Crippen LogP contribution >= 0.6 is 0 Å². The van der Waals surface area contributed by atoms with E-state index in [-0.39, 0.29) is 28.6 Å². The molecule has 1 amide bonds. The lowest BCUT2D eigenvalue weighted by Crippen LogP contribution is -2.23. The maximum absolute atomic E-state index is 12.6. The highest BCUT2D eigenvalue weighted by atomic mass is 19.4. The van der Waals surface area contributed by atoms with Gasteiger partial charge in [0.05, 0.1) is 6.20 Å². The van der Waals surface area contributed by atoms with E-state index in [0.29, 0.717) is 6.54 Å². The molecule has 2 aromatic rings. The molecule has 0 fully saturated rings. The fourth-order valence-electron chi connectivity index (χ4n) is 2.19. The number of hydrogen-bond acceptors (Lipinski definition) is 7. The van der Waals surface area contributed by atoms with Gasteiger partial charge in [-0.25, -0.2) is 9.97 Å². The highest BCUT2D eigenvalue weighted by molar-refractivity contribution is 6.47. The predicted octanol–water partition coefficient (Wildman–Crippen LogP) is 2.50. The first-order chi connectivity index (χ1) is 13.2. The van der Waals surface area contributed by atoms with Crippen LogP contribution < -0.4 is 21.5 Å². The summed E-state index contributed by atoms with van der Waals surface area (Å²) in [5.74, 6) is -1.27. The minimum Gasteiger partial charge on any atom is -0.405 e. The Morgan fingerprint density at radius 3 is 2.68 bits per heavy atom. The summed E-state index contributed by atoms with van der Waals surface area (Å²) in [6.07, 6.45) is -1.25. The van der Waals surface area contributed by atoms with Crippen molar-refractivity contribution in [2.45, 2.75) is 13.3 Å². The molecule has 0 spiro atoms. The molecule has 0 aliphatic heterocycles. The molecular weight excluding hydrogens is 377 g/mol. The zero-order valence-electron chi connectivity index (χ0n) is 14.7. The molecule has 8 nitrogen and oxygen atoms in total. The van der Waals surface area contributed by atoms with Crippen LogP contribution in [0.4, 0.5) is 24.8 Å². The molecule has 0 saturated carbocycles. The van der Waals surface area contributed by atoms with Crippen molar-refractivity contribution in [3.05, 3.63) is 42.7 Å². The lowest BCUT2D eigenvalue weighted by atomic mass is 10.1. The molecule has 11 heteroatoms. The molecule has 28 heavy (non-hydrogen) atoms. The quantitative estimate of drug-likeness (QED) is 0.646. The Morgan fingerprint density at radius 1 is 1.36 bits per heavy atom. The SMILES string of the molecule is CCN=C(/C=C\N)C(=O)Nc1cnc(-c2ccccc2OC(F)(F)F)c(N)n1. The van der Waals surface area contributed by atoms with Crippen LogP contribution in [0.15, 0.2) is 47.7 Å². The number of halogens is 3. The van der Waals surface area contributed by atoms with Crippen molar-refractivity contribution in [2.75, 3.05) is 17.6 Å². The van der Waals surface area contributed by atoms with Gasteiger partial charge in [0.25, 0.3) is 5.91 Å². The van der Waals surface area contributed by atoms with E-state index in [1.54, 1.807) is 6.92 Å². The van der Waals surface area contributed by atoms with Gasteiger partial charge in [-0.2, -0.15) is 0 Å². The van der Waals surface area contributed by atoms with Gasteiger partial charge >= 0.3 is 6.36 Å². The summed E-state index contributed by atoms with van der Waals surface area (Å²) in [6, 6.07) is 5.37. The molecule has 0 unspecified atom stereocenters. The number of nitrogens with zero attached hydrogens (tertiary/aromatic N) is 3. The summed E-state index contributed by atoms with van der Waals surface area (Å²) < 4.78 is 41.7. The van der Waals surface area contributed by atoms with Crippen molar-refractivity contribution >= 4 is 23.3 Å². The Hall–Kier alpha value is -3.63. The number of nitrogen functional groups attached to an aromatic ring is 1. The van der Waals surface area contributed by atoms with Gasteiger partial charge in [0.2, 0.25) is 0 Å². The Morgan fingerprint density at radius 2 is 2.07 bits per heavy atom. The van der Waals surface area contributed by atoms with Gasteiger partial charge < -0.3 is 21.5 Å². The number of carbonyl (C=O) groups excluding carboxylic acids is 1. The first kappa shape index (κ1) is 20.7. The number of nitrogens with two attached hydrogens (primary N) is 2. The molecule has 2 rings (SSSR count). The third kappa shape index (κ3) is 5.43. The number of anilines is 2. The number of nitrogens with one attached hydrogen (secondary N) is 1.